The monoisotopic (exact) mass is 304 g/mol. The second-order valence-corrected chi connectivity index (χ2v) is 6.32. The van der Waals surface area contributed by atoms with E-state index < -0.39 is 0 Å². The molecule has 4 heteroatoms. The maximum absolute atomic E-state index is 11.0. The summed E-state index contributed by atoms with van der Waals surface area (Å²) in [6, 6.07) is 8.30. The highest BCUT2D eigenvalue weighted by molar-refractivity contribution is 5.76. The lowest BCUT2D eigenvalue weighted by Crippen LogP contribution is -2.30. The average Bonchev–Trinajstić information content (AvgIpc) is 2.53. The number of ether oxygens (including phenoxy) is 1. The lowest BCUT2D eigenvalue weighted by Gasteiger charge is -2.23. The number of nitrogens with one attached hydrogen (secondary N) is 1. The van der Waals surface area contributed by atoms with Gasteiger partial charge in [-0.05, 0) is 62.7 Å². The minimum atomic E-state index is -0.231. The normalized spacial score (nSPS) is 19.6. The summed E-state index contributed by atoms with van der Waals surface area (Å²) in [5.41, 5.74) is 6.56. The van der Waals surface area contributed by atoms with Crippen LogP contribution in [0.15, 0.2) is 24.3 Å². The first-order chi connectivity index (χ1) is 10.7. The van der Waals surface area contributed by atoms with Crippen molar-refractivity contribution < 1.29 is 9.53 Å². The van der Waals surface area contributed by atoms with Gasteiger partial charge in [0, 0.05) is 5.92 Å². The Morgan fingerprint density at radius 2 is 2.27 bits per heavy atom. The largest absolute Gasteiger partial charge is 0.493 e. The quantitative estimate of drug-likeness (QED) is 0.725. The highest BCUT2D eigenvalue weighted by Crippen LogP contribution is 2.24. The Hall–Kier alpha value is -1.55. The van der Waals surface area contributed by atoms with Gasteiger partial charge in [-0.15, -0.1) is 0 Å². The Balaban J connectivity index is 1.81. The Morgan fingerprint density at radius 1 is 1.45 bits per heavy atom. The minimum absolute atomic E-state index is 0.0767. The number of amides is 1. The van der Waals surface area contributed by atoms with Gasteiger partial charge in [0.1, 0.15) is 5.75 Å². The zero-order valence-corrected chi connectivity index (χ0v) is 13.5. The predicted molar refractivity (Wildman–Crippen MR) is 88.8 cm³/mol. The van der Waals surface area contributed by atoms with Crippen LogP contribution in [0.25, 0.3) is 0 Å². The van der Waals surface area contributed by atoms with Crippen LogP contribution in [0.3, 0.4) is 0 Å². The molecule has 122 valence electrons. The van der Waals surface area contributed by atoms with Crippen molar-refractivity contribution in [3.05, 3.63) is 29.8 Å². The zero-order valence-electron chi connectivity index (χ0n) is 13.5. The molecule has 1 heterocycles. The molecule has 1 amide bonds. The number of primary amides is 1. The molecule has 2 rings (SSSR count). The molecule has 0 radical (unpaired) electrons. The molecule has 0 aliphatic carbocycles. The molecule has 0 bridgehead atoms. The van der Waals surface area contributed by atoms with Gasteiger partial charge in [0.05, 0.1) is 6.61 Å². The smallest absolute Gasteiger partial charge is 0.220 e. The van der Waals surface area contributed by atoms with Crippen LogP contribution in [0.4, 0.5) is 0 Å². The molecular weight excluding hydrogens is 276 g/mol. The van der Waals surface area contributed by atoms with Crippen molar-refractivity contribution in [2.45, 2.75) is 39.0 Å². The molecule has 22 heavy (non-hydrogen) atoms. The Labute approximate surface area is 133 Å². The van der Waals surface area contributed by atoms with Crippen LogP contribution >= 0.6 is 0 Å². The van der Waals surface area contributed by atoms with Crippen LogP contribution < -0.4 is 15.8 Å². The summed E-state index contributed by atoms with van der Waals surface area (Å²) in [6.45, 7) is 4.75. The van der Waals surface area contributed by atoms with Gasteiger partial charge in [0.15, 0.2) is 0 Å². The third-order valence-electron chi connectivity index (χ3n) is 4.40. The van der Waals surface area contributed by atoms with Crippen molar-refractivity contribution in [3.63, 3.8) is 0 Å². The fourth-order valence-electron chi connectivity index (χ4n) is 2.94. The third-order valence-corrected chi connectivity index (χ3v) is 4.40. The molecule has 1 saturated heterocycles. The lowest BCUT2D eigenvalue weighted by atomic mass is 9.92. The Morgan fingerprint density at radius 3 is 3.00 bits per heavy atom. The summed E-state index contributed by atoms with van der Waals surface area (Å²) < 4.78 is 5.94. The predicted octanol–water partition coefficient (Wildman–Crippen LogP) is 2.51. The van der Waals surface area contributed by atoms with Crippen LogP contribution in [0.1, 0.15) is 38.2 Å². The van der Waals surface area contributed by atoms with Gasteiger partial charge in [-0.25, -0.2) is 0 Å². The second-order valence-electron chi connectivity index (χ2n) is 6.32. The number of carbonyl (C=O) groups is 1. The fraction of sp³-hybridized carbons (Fsp3) is 0.611. The second kappa shape index (κ2) is 8.79. The topological polar surface area (TPSA) is 64.3 Å². The molecule has 3 N–H and O–H groups in total. The van der Waals surface area contributed by atoms with E-state index in [9.17, 15) is 4.79 Å². The van der Waals surface area contributed by atoms with E-state index in [1.807, 2.05) is 19.1 Å². The van der Waals surface area contributed by atoms with Gasteiger partial charge in [-0.2, -0.15) is 0 Å². The number of hydrogen-bond donors (Lipinski definition) is 2. The maximum atomic E-state index is 11.0. The Kier molecular flexibility index (Phi) is 6.72. The number of para-hydroxylation sites is 1. The number of rotatable bonds is 8. The van der Waals surface area contributed by atoms with Crippen LogP contribution in [0.5, 0.6) is 5.75 Å². The first-order valence-corrected chi connectivity index (χ1v) is 8.37. The van der Waals surface area contributed by atoms with E-state index in [-0.39, 0.29) is 11.8 Å². The summed E-state index contributed by atoms with van der Waals surface area (Å²) in [5.74, 6) is 1.38. The molecule has 1 aliphatic heterocycles. The molecule has 1 fully saturated rings. The molecule has 1 aliphatic rings. The molecule has 1 aromatic rings. The molecule has 0 saturated carbocycles. The summed E-state index contributed by atoms with van der Waals surface area (Å²) >= 11 is 0. The van der Waals surface area contributed by atoms with Gasteiger partial charge in [0.25, 0.3) is 0 Å². The van der Waals surface area contributed by atoms with E-state index >= 15 is 0 Å². The SMILES string of the molecule is CC(CCCOc1ccccc1CC1CCCNC1)C(N)=O. The van der Waals surface area contributed by atoms with Crippen molar-refractivity contribution in [2.24, 2.45) is 17.6 Å². The summed E-state index contributed by atoms with van der Waals surface area (Å²) in [5, 5.41) is 3.47. The van der Waals surface area contributed by atoms with Crippen molar-refractivity contribution in [3.8, 4) is 5.75 Å². The van der Waals surface area contributed by atoms with E-state index in [2.05, 4.69) is 17.4 Å². The molecule has 1 aromatic carbocycles. The molecule has 0 spiro atoms. The van der Waals surface area contributed by atoms with Crippen molar-refractivity contribution >= 4 is 5.91 Å². The van der Waals surface area contributed by atoms with E-state index in [4.69, 9.17) is 10.5 Å². The first kappa shape index (κ1) is 16.8. The third kappa shape index (κ3) is 5.34. The molecular formula is C18H28N2O2. The number of piperidine rings is 1. The first-order valence-electron chi connectivity index (χ1n) is 8.37. The molecule has 2 unspecified atom stereocenters. The summed E-state index contributed by atoms with van der Waals surface area (Å²) in [6.07, 6.45) is 5.25. The summed E-state index contributed by atoms with van der Waals surface area (Å²) in [4.78, 5) is 11.0. The number of nitrogens with two attached hydrogens (primary N) is 1. The van der Waals surface area contributed by atoms with E-state index in [1.165, 1.54) is 18.4 Å². The van der Waals surface area contributed by atoms with Crippen LogP contribution in [0, 0.1) is 11.8 Å². The standard InChI is InChI=1S/C18H28N2O2/c1-14(18(19)21)6-5-11-22-17-9-3-2-8-16(17)12-15-7-4-10-20-13-15/h2-3,8-9,14-15,20H,4-7,10-13H2,1H3,(H2,19,21). The van der Waals surface area contributed by atoms with Crippen LogP contribution in [0.2, 0.25) is 0 Å². The van der Waals surface area contributed by atoms with Crippen LogP contribution in [-0.4, -0.2) is 25.6 Å². The number of carbonyl (C=O) groups excluding carboxylic acids is 1. The van der Waals surface area contributed by atoms with Crippen LogP contribution in [-0.2, 0) is 11.2 Å². The maximum Gasteiger partial charge on any atom is 0.220 e. The fourth-order valence-corrected chi connectivity index (χ4v) is 2.94. The van der Waals surface area contributed by atoms with E-state index in [0.717, 1.165) is 38.1 Å². The van der Waals surface area contributed by atoms with Gasteiger partial charge in [0.2, 0.25) is 5.91 Å². The van der Waals surface area contributed by atoms with Gasteiger partial charge >= 0.3 is 0 Å². The molecule has 4 nitrogen and oxygen atoms in total. The zero-order chi connectivity index (χ0) is 15.8. The van der Waals surface area contributed by atoms with Gasteiger partial charge in [-0.1, -0.05) is 25.1 Å². The van der Waals surface area contributed by atoms with E-state index in [1.54, 1.807) is 0 Å². The Bertz CT molecular complexity index is 470. The van der Waals surface area contributed by atoms with Crippen molar-refractivity contribution in [1.82, 2.24) is 5.32 Å². The van der Waals surface area contributed by atoms with Crippen molar-refractivity contribution in [1.29, 1.82) is 0 Å². The highest BCUT2D eigenvalue weighted by atomic mass is 16.5. The van der Waals surface area contributed by atoms with Gasteiger partial charge < -0.3 is 15.8 Å². The summed E-state index contributed by atoms with van der Waals surface area (Å²) in [7, 11) is 0. The number of benzene rings is 1. The molecule has 2 atom stereocenters. The van der Waals surface area contributed by atoms with E-state index in [0.29, 0.717) is 12.5 Å². The highest BCUT2D eigenvalue weighted by Gasteiger charge is 2.15. The molecule has 0 aromatic heterocycles. The van der Waals surface area contributed by atoms with Crippen molar-refractivity contribution in [2.75, 3.05) is 19.7 Å². The van der Waals surface area contributed by atoms with Gasteiger partial charge in [-0.3, -0.25) is 4.79 Å². The number of hydrogen-bond acceptors (Lipinski definition) is 3. The average molecular weight is 304 g/mol. The minimum Gasteiger partial charge on any atom is -0.493 e. The lowest BCUT2D eigenvalue weighted by molar-refractivity contribution is -0.121.